The Balaban J connectivity index is 1.51. The highest BCUT2D eigenvalue weighted by Crippen LogP contribution is 2.48. The smallest absolute Gasteiger partial charge is 0.266 e. The summed E-state index contributed by atoms with van der Waals surface area (Å²) >= 11 is 0. The SMILES string of the molecule is O=C(NC(c1cccc(C(F)F)c1F)C(F)F)c1cn(C2(C(F)F)CC2)c(=O)cc1NC1[C@H]2CNC[C@@H]12. The number of halogens is 7. The van der Waals surface area contributed by atoms with E-state index >= 15 is 0 Å². The van der Waals surface area contributed by atoms with Crippen LogP contribution in [-0.2, 0) is 5.54 Å². The summed E-state index contributed by atoms with van der Waals surface area (Å²) in [6, 6.07) is 1.12. The molecule has 1 aromatic carbocycles. The van der Waals surface area contributed by atoms with Crippen LogP contribution in [0.4, 0.5) is 36.4 Å². The van der Waals surface area contributed by atoms with Gasteiger partial charge in [0.15, 0.2) is 0 Å². The second-order valence-electron chi connectivity index (χ2n) is 9.71. The molecule has 2 unspecified atom stereocenters. The molecule has 1 saturated heterocycles. The number of fused-ring (bicyclic) bond motifs is 1. The minimum absolute atomic E-state index is 0.0118. The third-order valence-electron chi connectivity index (χ3n) is 7.53. The Hall–Kier alpha value is -3.09. The summed E-state index contributed by atoms with van der Waals surface area (Å²) in [4.78, 5) is 26.0. The van der Waals surface area contributed by atoms with Gasteiger partial charge in [-0.15, -0.1) is 0 Å². The molecule has 0 radical (unpaired) electrons. The largest absolute Gasteiger partial charge is 0.381 e. The van der Waals surface area contributed by atoms with E-state index < -0.39 is 59.3 Å². The molecule has 4 atom stereocenters. The predicted molar refractivity (Wildman–Crippen MR) is 119 cm³/mol. The molecule has 3 fully saturated rings. The molecule has 0 spiro atoms. The number of aromatic nitrogens is 1. The van der Waals surface area contributed by atoms with Crippen LogP contribution in [0.1, 0.15) is 46.8 Å². The number of carbonyl (C=O) groups is 1. The number of rotatable bonds is 9. The Morgan fingerprint density at radius 1 is 1.05 bits per heavy atom. The minimum atomic E-state index is -3.39. The van der Waals surface area contributed by atoms with Crippen molar-refractivity contribution in [2.24, 2.45) is 11.8 Å². The van der Waals surface area contributed by atoms with Gasteiger partial charge in [0.05, 0.1) is 16.8 Å². The number of nitrogens with zero attached hydrogens (tertiary/aromatic N) is 1. The number of alkyl halides is 6. The zero-order valence-corrected chi connectivity index (χ0v) is 19.2. The fourth-order valence-electron chi connectivity index (χ4n) is 5.16. The molecular formula is C24H23F7N4O2. The van der Waals surface area contributed by atoms with E-state index in [1.807, 2.05) is 5.32 Å². The first-order valence-corrected chi connectivity index (χ1v) is 11.7. The molecule has 1 amide bonds. The van der Waals surface area contributed by atoms with Crippen molar-refractivity contribution < 1.29 is 35.5 Å². The van der Waals surface area contributed by atoms with Crippen molar-refractivity contribution in [3.8, 4) is 0 Å². The average Bonchev–Trinajstić information content (AvgIpc) is 3.71. The van der Waals surface area contributed by atoms with Gasteiger partial charge in [0.1, 0.15) is 17.4 Å². The molecule has 3 aliphatic rings. The molecule has 37 heavy (non-hydrogen) atoms. The van der Waals surface area contributed by atoms with E-state index in [4.69, 9.17) is 0 Å². The molecule has 1 aliphatic heterocycles. The van der Waals surface area contributed by atoms with Crippen molar-refractivity contribution in [2.75, 3.05) is 18.4 Å². The molecule has 6 nitrogen and oxygen atoms in total. The maximum atomic E-state index is 14.6. The zero-order valence-electron chi connectivity index (χ0n) is 19.2. The Labute approximate surface area is 206 Å². The van der Waals surface area contributed by atoms with Gasteiger partial charge >= 0.3 is 0 Å². The van der Waals surface area contributed by atoms with Crippen LogP contribution < -0.4 is 21.5 Å². The summed E-state index contributed by atoms with van der Waals surface area (Å²) in [5, 5.41) is 8.18. The molecule has 2 saturated carbocycles. The molecule has 200 valence electrons. The molecule has 2 heterocycles. The number of anilines is 1. The summed E-state index contributed by atoms with van der Waals surface area (Å²) in [7, 11) is 0. The summed E-state index contributed by atoms with van der Waals surface area (Å²) in [6.07, 6.45) is -8.69. The molecular weight excluding hydrogens is 509 g/mol. The number of piperidine rings is 1. The fraction of sp³-hybridized carbons (Fsp3) is 0.500. The zero-order chi connectivity index (χ0) is 26.6. The fourth-order valence-corrected chi connectivity index (χ4v) is 5.16. The number of nitrogens with one attached hydrogen (secondary N) is 3. The van der Waals surface area contributed by atoms with Gasteiger partial charge in [0.2, 0.25) is 0 Å². The van der Waals surface area contributed by atoms with Crippen molar-refractivity contribution in [3.63, 3.8) is 0 Å². The normalized spacial score (nSPS) is 24.3. The Morgan fingerprint density at radius 3 is 2.27 bits per heavy atom. The number of hydrogen-bond acceptors (Lipinski definition) is 4. The first-order chi connectivity index (χ1) is 17.5. The number of benzene rings is 1. The van der Waals surface area contributed by atoms with Gasteiger partial charge in [0.25, 0.3) is 30.7 Å². The second kappa shape index (κ2) is 9.34. The van der Waals surface area contributed by atoms with Crippen molar-refractivity contribution in [1.82, 2.24) is 15.2 Å². The Kier molecular flexibility index (Phi) is 6.45. The van der Waals surface area contributed by atoms with Crippen molar-refractivity contribution in [2.45, 2.75) is 49.7 Å². The monoisotopic (exact) mass is 532 g/mol. The summed E-state index contributed by atoms with van der Waals surface area (Å²) in [6.45, 7) is 1.39. The third kappa shape index (κ3) is 4.47. The first kappa shape index (κ1) is 25.6. The highest BCUT2D eigenvalue weighted by atomic mass is 19.3. The molecule has 13 heteroatoms. The van der Waals surface area contributed by atoms with E-state index in [-0.39, 0.29) is 42.0 Å². The second-order valence-corrected chi connectivity index (χ2v) is 9.71. The van der Waals surface area contributed by atoms with E-state index in [2.05, 4.69) is 10.6 Å². The standard InChI is InChI=1S/C24H23F7N4O2/c25-17-10(2-1-3-11(17)20(26)27)19(21(28)29)34-22(37)14-9-35(24(4-5-24)23(30)31)16(36)6-15(14)33-18-12-7-32-8-13(12)18/h1-3,6,9,12-13,18-21,23,32-33H,4-5,7-8H2,(H,34,37)/t12-,13+,18?,19?. The van der Waals surface area contributed by atoms with Crippen LogP contribution in [0.15, 0.2) is 35.3 Å². The lowest BCUT2D eigenvalue weighted by atomic mass is 10.0. The van der Waals surface area contributed by atoms with Crippen LogP contribution in [0.2, 0.25) is 0 Å². The van der Waals surface area contributed by atoms with Crippen LogP contribution in [0.25, 0.3) is 0 Å². The van der Waals surface area contributed by atoms with Crippen LogP contribution >= 0.6 is 0 Å². The number of amides is 1. The van der Waals surface area contributed by atoms with Crippen molar-refractivity contribution in [3.05, 3.63) is 63.3 Å². The highest BCUT2D eigenvalue weighted by Gasteiger charge is 2.55. The van der Waals surface area contributed by atoms with Gasteiger partial charge < -0.3 is 20.5 Å². The molecule has 2 aliphatic carbocycles. The van der Waals surface area contributed by atoms with E-state index in [1.165, 1.54) is 0 Å². The lowest BCUT2D eigenvalue weighted by Crippen LogP contribution is -2.39. The van der Waals surface area contributed by atoms with E-state index in [9.17, 15) is 40.3 Å². The van der Waals surface area contributed by atoms with Crippen LogP contribution in [0.5, 0.6) is 0 Å². The molecule has 1 aromatic heterocycles. The highest BCUT2D eigenvalue weighted by molar-refractivity contribution is 5.99. The lowest BCUT2D eigenvalue weighted by Gasteiger charge is -2.23. The van der Waals surface area contributed by atoms with E-state index in [0.29, 0.717) is 13.1 Å². The minimum Gasteiger partial charge on any atom is -0.381 e. The molecule has 2 aromatic rings. The van der Waals surface area contributed by atoms with Crippen molar-refractivity contribution in [1.29, 1.82) is 0 Å². The number of hydrogen-bond donors (Lipinski definition) is 3. The summed E-state index contributed by atoms with van der Waals surface area (Å²) < 4.78 is 97.0. The Morgan fingerprint density at radius 2 is 1.70 bits per heavy atom. The number of carbonyl (C=O) groups excluding carboxylic acids is 1. The van der Waals surface area contributed by atoms with Crippen molar-refractivity contribution >= 4 is 11.6 Å². The maximum absolute atomic E-state index is 14.6. The van der Waals surface area contributed by atoms with Gasteiger partial charge in [-0.2, -0.15) is 0 Å². The number of pyridine rings is 1. The first-order valence-electron chi connectivity index (χ1n) is 11.7. The summed E-state index contributed by atoms with van der Waals surface area (Å²) in [5.41, 5.74) is -4.93. The lowest BCUT2D eigenvalue weighted by molar-refractivity contribution is 0.0643. The topological polar surface area (TPSA) is 75.2 Å². The molecule has 0 bridgehead atoms. The van der Waals surface area contributed by atoms with Crippen LogP contribution in [0.3, 0.4) is 0 Å². The third-order valence-corrected chi connectivity index (χ3v) is 7.53. The van der Waals surface area contributed by atoms with Gasteiger partial charge in [0, 0.05) is 37.0 Å². The van der Waals surface area contributed by atoms with E-state index in [0.717, 1.165) is 35.0 Å². The van der Waals surface area contributed by atoms with E-state index in [1.54, 1.807) is 0 Å². The van der Waals surface area contributed by atoms with Gasteiger partial charge in [-0.05, 0) is 24.7 Å². The maximum Gasteiger partial charge on any atom is 0.266 e. The van der Waals surface area contributed by atoms with Crippen LogP contribution in [0, 0.1) is 17.7 Å². The van der Waals surface area contributed by atoms with Crippen LogP contribution in [-0.4, -0.2) is 42.5 Å². The average molecular weight is 532 g/mol. The Bertz CT molecular complexity index is 1250. The predicted octanol–water partition coefficient (Wildman–Crippen LogP) is 4.05. The quantitative estimate of drug-likeness (QED) is 0.427. The van der Waals surface area contributed by atoms with Gasteiger partial charge in [-0.3, -0.25) is 9.59 Å². The van der Waals surface area contributed by atoms with Gasteiger partial charge in [-0.1, -0.05) is 18.2 Å². The summed E-state index contributed by atoms with van der Waals surface area (Å²) in [5.74, 6) is -2.35. The molecule has 5 rings (SSSR count). The van der Waals surface area contributed by atoms with Gasteiger partial charge in [-0.25, -0.2) is 30.7 Å². The molecule has 3 N–H and O–H groups in total.